The van der Waals surface area contributed by atoms with E-state index in [1.165, 1.54) is 11.1 Å². The van der Waals surface area contributed by atoms with Gasteiger partial charge in [-0.2, -0.15) is 0 Å². The Bertz CT molecular complexity index is 512. The normalized spacial score (nSPS) is 10.9. The van der Waals surface area contributed by atoms with Crippen LogP contribution in [0.15, 0.2) is 48.5 Å². The van der Waals surface area contributed by atoms with Crippen LogP contribution < -0.4 is 0 Å². The number of allylic oxidation sites excluding steroid dienone is 1. The van der Waals surface area contributed by atoms with Gasteiger partial charge in [0.2, 0.25) is 0 Å². The lowest BCUT2D eigenvalue weighted by molar-refractivity contribution is 1.19. The van der Waals surface area contributed by atoms with Gasteiger partial charge in [0.05, 0.1) is 5.69 Å². The molecule has 0 unspecified atom stereocenters. The molecule has 0 saturated carbocycles. The molecule has 0 amide bonds. The summed E-state index contributed by atoms with van der Waals surface area (Å²) in [5.41, 5.74) is 4.49. The second-order valence-corrected chi connectivity index (χ2v) is 4.05. The largest absolute Gasteiger partial charge is 0.253 e. The highest BCUT2D eigenvalue weighted by molar-refractivity contribution is 5.62. The monoisotopic (exact) mass is 223 g/mol. The van der Waals surface area contributed by atoms with E-state index in [2.05, 4.69) is 55.2 Å². The molecule has 0 spiro atoms. The van der Waals surface area contributed by atoms with Crippen molar-refractivity contribution in [2.75, 3.05) is 0 Å². The summed E-state index contributed by atoms with van der Waals surface area (Å²) < 4.78 is 0. The van der Waals surface area contributed by atoms with E-state index in [0.717, 1.165) is 17.8 Å². The van der Waals surface area contributed by atoms with E-state index in [0.29, 0.717) is 0 Å². The van der Waals surface area contributed by atoms with E-state index in [-0.39, 0.29) is 0 Å². The highest BCUT2D eigenvalue weighted by Gasteiger charge is 2.01. The third-order valence-electron chi connectivity index (χ3n) is 2.73. The molecule has 1 nitrogen and oxygen atoms in total. The van der Waals surface area contributed by atoms with Gasteiger partial charge in [0.15, 0.2) is 0 Å². The Balaban J connectivity index is 2.34. The van der Waals surface area contributed by atoms with Gasteiger partial charge in [-0.15, -0.1) is 0 Å². The maximum atomic E-state index is 4.65. The van der Waals surface area contributed by atoms with Crippen molar-refractivity contribution in [2.45, 2.75) is 20.3 Å². The Hall–Kier alpha value is -1.89. The van der Waals surface area contributed by atoms with Crippen molar-refractivity contribution in [3.63, 3.8) is 0 Å². The van der Waals surface area contributed by atoms with Gasteiger partial charge in [-0.1, -0.05) is 55.5 Å². The molecule has 1 aromatic carbocycles. The van der Waals surface area contributed by atoms with Crippen LogP contribution in [-0.4, -0.2) is 4.98 Å². The summed E-state index contributed by atoms with van der Waals surface area (Å²) >= 11 is 0. The molecule has 0 atom stereocenters. The molecule has 0 saturated heterocycles. The number of nitrogens with zero attached hydrogens (tertiary/aromatic N) is 1. The fourth-order valence-corrected chi connectivity index (χ4v) is 1.76. The molecule has 1 heterocycles. The SMILES string of the molecule is CC/C=C\c1ccc(-c2ccccc2)nc1C. The molecule has 2 aromatic rings. The second-order valence-electron chi connectivity index (χ2n) is 4.05. The summed E-state index contributed by atoms with van der Waals surface area (Å²) in [6.45, 7) is 4.19. The maximum Gasteiger partial charge on any atom is 0.0705 e. The van der Waals surface area contributed by atoms with E-state index >= 15 is 0 Å². The van der Waals surface area contributed by atoms with Crippen LogP contribution in [0.4, 0.5) is 0 Å². The maximum absolute atomic E-state index is 4.65. The molecule has 0 aliphatic rings. The number of hydrogen-bond donors (Lipinski definition) is 0. The van der Waals surface area contributed by atoms with Gasteiger partial charge < -0.3 is 0 Å². The zero-order chi connectivity index (χ0) is 12.1. The second kappa shape index (κ2) is 5.44. The van der Waals surface area contributed by atoms with E-state index < -0.39 is 0 Å². The molecule has 1 aromatic heterocycles. The van der Waals surface area contributed by atoms with Gasteiger partial charge in [-0.25, -0.2) is 0 Å². The van der Waals surface area contributed by atoms with Crippen LogP contribution in [0.5, 0.6) is 0 Å². The Kier molecular flexibility index (Phi) is 3.71. The highest BCUT2D eigenvalue weighted by Crippen LogP contribution is 2.19. The predicted octanol–water partition coefficient (Wildman–Crippen LogP) is 4.48. The summed E-state index contributed by atoms with van der Waals surface area (Å²) in [7, 11) is 0. The minimum Gasteiger partial charge on any atom is -0.253 e. The van der Waals surface area contributed by atoms with Crippen molar-refractivity contribution in [3.8, 4) is 11.3 Å². The van der Waals surface area contributed by atoms with Crippen LogP contribution in [0, 0.1) is 6.92 Å². The number of rotatable bonds is 3. The third kappa shape index (κ3) is 2.82. The Labute approximate surface area is 103 Å². The first-order chi connectivity index (χ1) is 8.31. The van der Waals surface area contributed by atoms with E-state index in [4.69, 9.17) is 0 Å². The fourth-order valence-electron chi connectivity index (χ4n) is 1.76. The molecule has 1 heteroatoms. The number of hydrogen-bond acceptors (Lipinski definition) is 1. The van der Waals surface area contributed by atoms with E-state index in [1.54, 1.807) is 0 Å². The smallest absolute Gasteiger partial charge is 0.0705 e. The number of aryl methyl sites for hydroxylation is 1. The standard InChI is InChI=1S/C16H17N/c1-3-4-8-14-11-12-16(17-13(14)2)15-9-6-5-7-10-15/h4-12H,3H2,1-2H3/b8-4-. The van der Waals surface area contributed by atoms with Crippen LogP contribution in [-0.2, 0) is 0 Å². The van der Waals surface area contributed by atoms with Crippen molar-refractivity contribution >= 4 is 6.08 Å². The lowest BCUT2D eigenvalue weighted by Crippen LogP contribution is -1.90. The Morgan fingerprint density at radius 3 is 2.47 bits per heavy atom. The van der Waals surface area contributed by atoms with Gasteiger partial charge in [0.1, 0.15) is 0 Å². The molecule has 0 radical (unpaired) electrons. The molecular formula is C16H17N. The molecule has 2 rings (SSSR count). The van der Waals surface area contributed by atoms with Crippen LogP contribution in [0.3, 0.4) is 0 Å². The zero-order valence-electron chi connectivity index (χ0n) is 10.4. The third-order valence-corrected chi connectivity index (χ3v) is 2.73. The molecule has 0 aliphatic carbocycles. The Morgan fingerprint density at radius 1 is 1.06 bits per heavy atom. The number of benzene rings is 1. The van der Waals surface area contributed by atoms with Gasteiger partial charge >= 0.3 is 0 Å². The highest BCUT2D eigenvalue weighted by atomic mass is 14.7. The topological polar surface area (TPSA) is 12.9 Å². The zero-order valence-corrected chi connectivity index (χ0v) is 10.4. The van der Waals surface area contributed by atoms with Crippen molar-refractivity contribution in [1.82, 2.24) is 4.98 Å². The average Bonchev–Trinajstić information content (AvgIpc) is 2.38. The van der Waals surface area contributed by atoms with Gasteiger partial charge in [0.25, 0.3) is 0 Å². The minimum atomic E-state index is 1.04. The molecule has 0 aliphatic heterocycles. The predicted molar refractivity (Wildman–Crippen MR) is 73.7 cm³/mol. The van der Waals surface area contributed by atoms with Crippen molar-refractivity contribution in [3.05, 3.63) is 59.8 Å². The fraction of sp³-hybridized carbons (Fsp3) is 0.188. The van der Waals surface area contributed by atoms with Crippen molar-refractivity contribution < 1.29 is 0 Å². The Morgan fingerprint density at radius 2 is 1.82 bits per heavy atom. The summed E-state index contributed by atoms with van der Waals surface area (Å²) in [4.78, 5) is 4.65. The summed E-state index contributed by atoms with van der Waals surface area (Å²) in [5.74, 6) is 0. The van der Waals surface area contributed by atoms with E-state index in [9.17, 15) is 0 Å². The quantitative estimate of drug-likeness (QED) is 0.747. The van der Waals surface area contributed by atoms with Crippen LogP contribution >= 0.6 is 0 Å². The lowest BCUT2D eigenvalue weighted by Gasteiger charge is -2.04. The van der Waals surface area contributed by atoms with Gasteiger partial charge in [0, 0.05) is 11.3 Å². The summed E-state index contributed by atoms with van der Waals surface area (Å²) in [6.07, 6.45) is 5.35. The van der Waals surface area contributed by atoms with Crippen LogP contribution in [0.25, 0.3) is 17.3 Å². The van der Waals surface area contributed by atoms with E-state index in [1.807, 2.05) is 18.2 Å². The number of aromatic nitrogens is 1. The lowest BCUT2D eigenvalue weighted by atomic mass is 10.1. The molecular weight excluding hydrogens is 206 g/mol. The first kappa shape index (κ1) is 11.6. The number of pyridine rings is 1. The first-order valence-electron chi connectivity index (χ1n) is 6.01. The average molecular weight is 223 g/mol. The van der Waals surface area contributed by atoms with Crippen molar-refractivity contribution in [2.24, 2.45) is 0 Å². The summed E-state index contributed by atoms with van der Waals surface area (Å²) in [6, 6.07) is 14.5. The van der Waals surface area contributed by atoms with Gasteiger partial charge in [-0.05, 0) is 25.0 Å². The molecule has 86 valence electrons. The molecule has 0 N–H and O–H groups in total. The summed E-state index contributed by atoms with van der Waals surface area (Å²) in [5, 5.41) is 0. The molecule has 0 bridgehead atoms. The van der Waals surface area contributed by atoms with Gasteiger partial charge in [-0.3, -0.25) is 4.98 Å². The first-order valence-corrected chi connectivity index (χ1v) is 6.01. The molecule has 0 fully saturated rings. The van der Waals surface area contributed by atoms with Crippen LogP contribution in [0.1, 0.15) is 24.6 Å². The molecule has 17 heavy (non-hydrogen) atoms. The van der Waals surface area contributed by atoms with Crippen molar-refractivity contribution in [1.29, 1.82) is 0 Å². The minimum absolute atomic E-state index is 1.04. The van der Waals surface area contributed by atoms with Crippen LogP contribution in [0.2, 0.25) is 0 Å².